The minimum absolute atomic E-state index is 0.0849. The van der Waals surface area contributed by atoms with Gasteiger partial charge in [0, 0.05) is 0 Å². The van der Waals surface area contributed by atoms with Crippen LogP contribution in [0.2, 0.25) is 0 Å². The number of β-lactam (4-membered cyclic amide) rings is 1. The lowest BCUT2D eigenvalue weighted by Gasteiger charge is -2.40. The molecular formula is C16H18N2O5S. The molecule has 0 spiro atoms. The van der Waals surface area contributed by atoms with Crippen molar-refractivity contribution in [2.45, 2.75) is 42.7 Å². The second-order valence-corrected chi connectivity index (χ2v) is 8.42. The van der Waals surface area contributed by atoms with E-state index in [1.807, 2.05) is 30.3 Å². The fourth-order valence-electron chi connectivity index (χ4n) is 3.18. The Kier molecular flexibility index (Phi) is 4.27. The molecule has 4 atom stereocenters. The van der Waals surface area contributed by atoms with Gasteiger partial charge in [-0.2, -0.15) is 0 Å². The molecule has 1 aromatic carbocycles. The summed E-state index contributed by atoms with van der Waals surface area (Å²) >= 11 is -1.49. The maximum atomic E-state index is 12.7. The number of hydrogen-bond acceptors (Lipinski definition) is 5. The fourth-order valence-corrected chi connectivity index (χ4v) is 5.10. The molecular weight excluding hydrogens is 332 g/mol. The molecule has 0 bridgehead atoms. The first-order valence-electron chi connectivity index (χ1n) is 7.52. The third-order valence-corrected chi connectivity index (χ3v) is 6.65. The molecule has 24 heavy (non-hydrogen) atoms. The molecule has 128 valence electrons. The van der Waals surface area contributed by atoms with Crippen molar-refractivity contribution in [2.75, 3.05) is 0 Å². The molecule has 1 aromatic rings. The van der Waals surface area contributed by atoms with E-state index in [9.17, 15) is 18.9 Å². The van der Waals surface area contributed by atoms with E-state index in [0.717, 1.165) is 5.56 Å². The lowest BCUT2D eigenvalue weighted by Crippen LogP contribution is -2.71. The first kappa shape index (κ1) is 16.8. The zero-order chi connectivity index (χ0) is 17.5. The van der Waals surface area contributed by atoms with Crippen molar-refractivity contribution in [1.82, 2.24) is 10.2 Å². The number of rotatable bonds is 5. The fraction of sp³-hybridized carbons (Fsp3) is 0.438. The SMILES string of the molecule is CC1(C)[C@H](C(=O)OCc2ccccc2)N2C(=O)[C@H](NC=O)[C@H]2[S+]1[O-]. The predicted molar refractivity (Wildman–Crippen MR) is 85.9 cm³/mol. The summed E-state index contributed by atoms with van der Waals surface area (Å²) in [5.41, 5.74) is 0.828. The van der Waals surface area contributed by atoms with E-state index in [2.05, 4.69) is 5.32 Å². The van der Waals surface area contributed by atoms with E-state index in [-0.39, 0.29) is 6.61 Å². The van der Waals surface area contributed by atoms with Gasteiger partial charge in [0.1, 0.15) is 6.61 Å². The van der Waals surface area contributed by atoms with Gasteiger partial charge in [-0.15, -0.1) is 0 Å². The van der Waals surface area contributed by atoms with Crippen molar-refractivity contribution in [3.05, 3.63) is 35.9 Å². The predicted octanol–water partition coefficient (Wildman–Crippen LogP) is -0.0778. The summed E-state index contributed by atoms with van der Waals surface area (Å²) in [5, 5.41) is 1.68. The number of ether oxygens (including phenoxy) is 1. The number of carbonyl (C=O) groups excluding carboxylic acids is 3. The summed E-state index contributed by atoms with van der Waals surface area (Å²) in [6.07, 6.45) is 0.408. The Morgan fingerprint density at radius 3 is 2.71 bits per heavy atom. The van der Waals surface area contributed by atoms with Crippen LogP contribution >= 0.6 is 0 Å². The molecule has 0 aromatic heterocycles. The Labute approximate surface area is 142 Å². The standard InChI is InChI=1S/C16H18N2O5S/c1-16(2)12(15(21)23-8-10-6-4-3-5-7-10)18-13(20)11(17-9-19)14(18)24(16)22/h3-7,9,11-12,14H,8H2,1-2H3,(H,17,19)/t11-,12-,14+,24?/m0/s1. The zero-order valence-electron chi connectivity index (χ0n) is 13.3. The Bertz CT molecular complexity index is 666. The maximum Gasteiger partial charge on any atom is 0.334 e. The number of fused-ring (bicyclic) bond motifs is 1. The van der Waals surface area contributed by atoms with Gasteiger partial charge < -0.3 is 14.6 Å². The molecule has 7 nitrogen and oxygen atoms in total. The van der Waals surface area contributed by atoms with Gasteiger partial charge in [0.05, 0.1) is 0 Å². The Balaban J connectivity index is 1.75. The smallest absolute Gasteiger partial charge is 0.334 e. The third kappa shape index (κ3) is 2.46. The number of amides is 2. The van der Waals surface area contributed by atoms with E-state index in [1.54, 1.807) is 13.8 Å². The first-order chi connectivity index (χ1) is 11.4. The minimum atomic E-state index is -1.49. The summed E-state index contributed by atoms with van der Waals surface area (Å²) in [4.78, 5) is 36.7. The second kappa shape index (κ2) is 6.10. The second-order valence-electron chi connectivity index (χ2n) is 6.29. The average molecular weight is 350 g/mol. The molecule has 3 rings (SSSR count). The maximum absolute atomic E-state index is 12.7. The molecule has 1 N–H and O–H groups in total. The summed E-state index contributed by atoms with van der Waals surface area (Å²) in [6, 6.07) is 7.42. The molecule has 0 aliphatic carbocycles. The van der Waals surface area contributed by atoms with Crippen LogP contribution in [0.5, 0.6) is 0 Å². The third-order valence-electron chi connectivity index (χ3n) is 4.45. The number of hydrogen-bond donors (Lipinski definition) is 1. The molecule has 1 unspecified atom stereocenters. The highest BCUT2D eigenvalue weighted by atomic mass is 32.2. The van der Waals surface area contributed by atoms with Crippen molar-refractivity contribution in [3.8, 4) is 0 Å². The van der Waals surface area contributed by atoms with E-state index in [4.69, 9.17) is 4.74 Å². The molecule has 2 aliphatic heterocycles. The van der Waals surface area contributed by atoms with Crippen LogP contribution in [0.25, 0.3) is 0 Å². The lowest BCUT2D eigenvalue weighted by molar-refractivity contribution is -0.164. The van der Waals surface area contributed by atoms with Gasteiger partial charge in [-0.1, -0.05) is 30.3 Å². The number of benzene rings is 1. The number of esters is 1. The first-order valence-corrected chi connectivity index (χ1v) is 8.74. The van der Waals surface area contributed by atoms with Gasteiger partial charge in [-0.3, -0.25) is 14.5 Å². The Morgan fingerprint density at radius 1 is 1.42 bits per heavy atom. The molecule has 0 saturated carbocycles. The van der Waals surface area contributed by atoms with E-state index < -0.39 is 45.3 Å². The number of nitrogens with zero attached hydrogens (tertiary/aromatic N) is 1. The van der Waals surface area contributed by atoms with Gasteiger partial charge in [0.15, 0.2) is 16.8 Å². The highest BCUT2D eigenvalue weighted by molar-refractivity contribution is 7.94. The molecule has 2 aliphatic rings. The Morgan fingerprint density at radius 2 is 2.08 bits per heavy atom. The quantitative estimate of drug-likeness (QED) is 0.347. The zero-order valence-corrected chi connectivity index (χ0v) is 14.1. The Hall–Kier alpha value is -2.06. The molecule has 2 fully saturated rings. The van der Waals surface area contributed by atoms with Crippen molar-refractivity contribution >= 4 is 29.5 Å². The summed E-state index contributed by atoms with van der Waals surface area (Å²) in [5.74, 6) is -0.995. The highest BCUT2D eigenvalue weighted by Gasteiger charge is 2.72. The van der Waals surface area contributed by atoms with Crippen LogP contribution in [0.3, 0.4) is 0 Å². The van der Waals surface area contributed by atoms with Crippen LogP contribution in [0.15, 0.2) is 30.3 Å². The largest absolute Gasteiger partial charge is 0.614 e. The summed E-state index contributed by atoms with van der Waals surface area (Å²) in [6.45, 7) is 3.42. The molecule has 2 amide bonds. The topological polar surface area (TPSA) is 98.8 Å². The van der Waals surface area contributed by atoms with Crippen molar-refractivity contribution in [1.29, 1.82) is 0 Å². The molecule has 2 heterocycles. The monoisotopic (exact) mass is 350 g/mol. The van der Waals surface area contributed by atoms with Crippen molar-refractivity contribution < 1.29 is 23.7 Å². The molecule has 0 radical (unpaired) electrons. The van der Waals surface area contributed by atoms with E-state index in [0.29, 0.717) is 6.41 Å². The summed E-state index contributed by atoms with van der Waals surface area (Å²) < 4.78 is 17.0. The van der Waals surface area contributed by atoms with Crippen LogP contribution in [0.4, 0.5) is 0 Å². The van der Waals surface area contributed by atoms with Crippen LogP contribution in [0.1, 0.15) is 19.4 Å². The van der Waals surface area contributed by atoms with Crippen LogP contribution in [-0.2, 0) is 36.9 Å². The van der Waals surface area contributed by atoms with Crippen molar-refractivity contribution in [3.63, 3.8) is 0 Å². The highest BCUT2D eigenvalue weighted by Crippen LogP contribution is 2.46. The number of nitrogens with one attached hydrogen (secondary N) is 1. The van der Waals surface area contributed by atoms with Gasteiger partial charge in [0.25, 0.3) is 5.91 Å². The van der Waals surface area contributed by atoms with E-state index in [1.165, 1.54) is 4.90 Å². The van der Waals surface area contributed by atoms with Gasteiger partial charge in [-0.25, -0.2) is 4.79 Å². The van der Waals surface area contributed by atoms with Crippen LogP contribution < -0.4 is 5.32 Å². The average Bonchev–Trinajstić information content (AvgIpc) is 2.76. The van der Waals surface area contributed by atoms with Crippen LogP contribution in [-0.4, -0.2) is 49.9 Å². The van der Waals surface area contributed by atoms with Gasteiger partial charge >= 0.3 is 5.97 Å². The van der Waals surface area contributed by atoms with Crippen LogP contribution in [0, 0.1) is 0 Å². The number of carbonyl (C=O) groups is 3. The molecule has 8 heteroatoms. The van der Waals surface area contributed by atoms with Gasteiger partial charge in [0.2, 0.25) is 11.8 Å². The minimum Gasteiger partial charge on any atom is -0.614 e. The van der Waals surface area contributed by atoms with Crippen molar-refractivity contribution in [2.24, 2.45) is 0 Å². The molecule has 2 saturated heterocycles. The van der Waals surface area contributed by atoms with E-state index >= 15 is 0 Å². The summed E-state index contributed by atoms with van der Waals surface area (Å²) in [7, 11) is 0. The van der Waals surface area contributed by atoms with Gasteiger partial charge in [-0.05, 0) is 30.6 Å². The normalized spacial score (nSPS) is 30.3. The lowest BCUT2D eigenvalue weighted by atomic mass is 9.96.